The number of hydrogen-bond donors (Lipinski definition) is 2. The molecule has 3 aromatic rings. The quantitative estimate of drug-likeness (QED) is 0.334. The number of aromatic nitrogens is 2. The lowest BCUT2D eigenvalue weighted by Gasteiger charge is -2.09. The normalized spacial score (nSPS) is 10.8. The number of benzene rings is 2. The molecule has 0 fully saturated rings. The summed E-state index contributed by atoms with van der Waals surface area (Å²) < 4.78 is 0. The second-order valence-electron chi connectivity index (χ2n) is 4.73. The predicted octanol–water partition coefficient (Wildman–Crippen LogP) is 3.52. The van der Waals surface area contributed by atoms with Gasteiger partial charge in [0.1, 0.15) is 5.03 Å². The van der Waals surface area contributed by atoms with Crippen molar-refractivity contribution in [3.63, 3.8) is 0 Å². The summed E-state index contributed by atoms with van der Waals surface area (Å²) in [5.74, 6) is 6.77. The second-order valence-corrected chi connectivity index (χ2v) is 5.69. The molecule has 0 radical (unpaired) electrons. The van der Waals surface area contributed by atoms with Crippen LogP contribution in [0, 0.1) is 6.92 Å². The Morgan fingerprint density at radius 1 is 1.05 bits per heavy atom. The molecule has 2 aromatic carbocycles. The van der Waals surface area contributed by atoms with E-state index >= 15 is 0 Å². The SMILES string of the molecule is Cc1ccccc1CSc1nc(NN)nc2ccccc12. The van der Waals surface area contributed by atoms with Gasteiger partial charge in [0.15, 0.2) is 0 Å². The Morgan fingerprint density at radius 3 is 2.62 bits per heavy atom. The van der Waals surface area contributed by atoms with Crippen LogP contribution in [0.4, 0.5) is 5.95 Å². The van der Waals surface area contributed by atoms with E-state index in [1.807, 2.05) is 24.3 Å². The van der Waals surface area contributed by atoms with E-state index in [-0.39, 0.29) is 0 Å². The summed E-state index contributed by atoms with van der Waals surface area (Å²) >= 11 is 1.70. The maximum atomic E-state index is 5.46. The number of nitrogens with two attached hydrogens (primary N) is 1. The number of thioether (sulfide) groups is 1. The first-order valence-corrected chi connectivity index (χ1v) is 7.67. The van der Waals surface area contributed by atoms with Gasteiger partial charge in [-0.25, -0.2) is 15.8 Å². The summed E-state index contributed by atoms with van der Waals surface area (Å²) in [7, 11) is 0. The minimum absolute atomic E-state index is 0.445. The molecule has 3 N–H and O–H groups in total. The minimum atomic E-state index is 0.445. The number of fused-ring (bicyclic) bond motifs is 1. The summed E-state index contributed by atoms with van der Waals surface area (Å²) in [5.41, 5.74) is 6.03. The van der Waals surface area contributed by atoms with Crippen molar-refractivity contribution >= 4 is 28.6 Å². The first-order valence-electron chi connectivity index (χ1n) is 6.68. The number of aryl methyl sites for hydroxylation is 1. The fourth-order valence-electron chi connectivity index (χ4n) is 2.14. The van der Waals surface area contributed by atoms with Crippen molar-refractivity contribution < 1.29 is 0 Å². The van der Waals surface area contributed by atoms with Crippen molar-refractivity contribution in [1.82, 2.24) is 9.97 Å². The molecule has 0 unspecified atom stereocenters. The van der Waals surface area contributed by atoms with Gasteiger partial charge in [0, 0.05) is 11.1 Å². The van der Waals surface area contributed by atoms with E-state index in [0.29, 0.717) is 5.95 Å². The fourth-order valence-corrected chi connectivity index (χ4v) is 3.24. The molecule has 0 bridgehead atoms. The number of hydrazine groups is 1. The molecular formula is C16H16N4S. The third-order valence-corrected chi connectivity index (χ3v) is 4.36. The summed E-state index contributed by atoms with van der Waals surface area (Å²) in [6.45, 7) is 2.13. The highest BCUT2D eigenvalue weighted by Gasteiger charge is 2.08. The molecular weight excluding hydrogens is 280 g/mol. The smallest absolute Gasteiger partial charge is 0.238 e. The van der Waals surface area contributed by atoms with Crippen LogP contribution in [-0.2, 0) is 5.75 Å². The number of nitrogens with zero attached hydrogens (tertiary/aromatic N) is 2. The summed E-state index contributed by atoms with van der Waals surface area (Å²) in [6.07, 6.45) is 0. The zero-order valence-electron chi connectivity index (χ0n) is 11.7. The molecule has 0 amide bonds. The Hall–Kier alpha value is -2.11. The molecule has 4 nitrogen and oxygen atoms in total. The van der Waals surface area contributed by atoms with Crippen LogP contribution in [0.2, 0.25) is 0 Å². The van der Waals surface area contributed by atoms with Crippen molar-refractivity contribution in [3.8, 4) is 0 Å². The second kappa shape index (κ2) is 6.11. The van der Waals surface area contributed by atoms with Gasteiger partial charge >= 0.3 is 0 Å². The van der Waals surface area contributed by atoms with Crippen molar-refractivity contribution in [2.75, 3.05) is 5.43 Å². The lowest BCUT2D eigenvalue weighted by molar-refractivity contribution is 1.07. The molecule has 0 aliphatic rings. The molecule has 1 heterocycles. The van der Waals surface area contributed by atoms with Crippen molar-refractivity contribution in [2.45, 2.75) is 17.7 Å². The van der Waals surface area contributed by atoms with Gasteiger partial charge in [-0.1, -0.05) is 42.5 Å². The molecule has 0 atom stereocenters. The molecule has 0 spiro atoms. The maximum Gasteiger partial charge on any atom is 0.238 e. The van der Waals surface area contributed by atoms with E-state index in [0.717, 1.165) is 21.7 Å². The highest BCUT2D eigenvalue weighted by atomic mass is 32.2. The molecule has 5 heteroatoms. The zero-order valence-corrected chi connectivity index (χ0v) is 12.5. The number of rotatable bonds is 4. The van der Waals surface area contributed by atoms with Crippen LogP contribution in [0.5, 0.6) is 0 Å². The topological polar surface area (TPSA) is 63.8 Å². The van der Waals surface area contributed by atoms with E-state index in [2.05, 4.69) is 46.6 Å². The Morgan fingerprint density at radius 2 is 1.81 bits per heavy atom. The molecule has 21 heavy (non-hydrogen) atoms. The lowest BCUT2D eigenvalue weighted by Crippen LogP contribution is -2.10. The molecule has 106 valence electrons. The highest BCUT2D eigenvalue weighted by Crippen LogP contribution is 2.29. The van der Waals surface area contributed by atoms with Crippen molar-refractivity contribution in [3.05, 3.63) is 59.7 Å². The van der Waals surface area contributed by atoms with Crippen molar-refractivity contribution in [1.29, 1.82) is 0 Å². The molecule has 0 saturated carbocycles. The van der Waals surface area contributed by atoms with Gasteiger partial charge in [-0.05, 0) is 24.1 Å². The molecule has 0 aliphatic carbocycles. The number of nitrogens with one attached hydrogen (secondary N) is 1. The first-order chi connectivity index (χ1) is 10.3. The summed E-state index contributed by atoms with van der Waals surface area (Å²) in [4.78, 5) is 8.85. The monoisotopic (exact) mass is 296 g/mol. The number of anilines is 1. The van der Waals surface area contributed by atoms with Crippen LogP contribution in [0.25, 0.3) is 10.9 Å². The average molecular weight is 296 g/mol. The third kappa shape index (κ3) is 2.99. The molecule has 1 aromatic heterocycles. The number of hydrogen-bond acceptors (Lipinski definition) is 5. The van der Waals surface area contributed by atoms with E-state index in [1.54, 1.807) is 11.8 Å². The van der Waals surface area contributed by atoms with Crippen LogP contribution in [0.1, 0.15) is 11.1 Å². The van der Waals surface area contributed by atoms with Crippen LogP contribution < -0.4 is 11.3 Å². The number of para-hydroxylation sites is 1. The Labute approximate surface area is 127 Å². The molecule has 3 rings (SSSR count). The van der Waals surface area contributed by atoms with E-state index in [9.17, 15) is 0 Å². The van der Waals surface area contributed by atoms with Crippen LogP contribution in [0.15, 0.2) is 53.6 Å². The van der Waals surface area contributed by atoms with E-state index in [1.165, 1.54) is 11.1 Å². The van der Waals surface area contributed by atoms with Gasteiger partial charge < -0.3 is 0 Å². The minimum Gasteiger partial charge on any atom is -0.292 e. The third-order valence-electron chi connectivity index (χ3n) is 3.32. The summed E-state index contributed by atoms with van der Waals surface area (Å²) in [5, 5.41) is 1.99. The van der Waals surface area contributed by atoms with E-state index < -0.39 is 0 Å². The molecule has 0 saturated heterocycles. The largest absolute Gasteiger partial charge is 0.292 e. The van der Waals surface area contributed by atoms with Gasteiger partial charge in [-0.2, -0.15) is 0 Å². The zero-order chi connectivity index (χ0) is 14.7. The Balaban J connectivity index is 1.94. The van der Waals surface area contributed by atoms with Gasteiger partial charge in [0.25, 0.3) is 0 Å². The summed E-state index contributed by atoms with van der Waals surface area (Å²) in [6, 6.07) is 16.4. The van der Waals surface area contributed by atoms with Crippen LogP contribution >= 0.6 is 11.8 Å². The van der Waals surface area contributed by atoms with Crippen LogP contribution in [0.3, 0.4) is 0 Å². The Bertz CT molecular complexity index is 773. The average Bonchev–Trinajstić information content (AvgIpc) is 2.53. The van der Waals surface area contributed by atoms with Crippen molar-refractivity contribution in [2.24, 2.45) is 5.84 Å². The Kier molecular flexibility index (Phi) is 4.03. The lowest BCUT2D eigenvalue weighted by atomic mass is 10.1. The predicted molar refractivity (Wildman–Crippen MR) is 88.1 cm³/mol. The van der Waals surface area contributed by atoms with Gasteiger partial charge in [0.05, 0.1) is 5.52 Å². The fraction of sp³-hybridized carbons (Fsp3) is 0.125. The number of nitrogen functional groups attached to an aromatic ring is 1. The van der Waals surface area contributed by atoms with Gasteiger partial charge in [-0.15, -0.1) is 11.8 Å². The van der Waals surface area contributed by atoms with E-state index in [4.69, 9.17) is 5.84 Å². The highest BCUT2D eigenvalue weighted by molar-refractivity contribution is 7.98. The van der Waals surface area contributed by atoms with Crippen LogP contribution in [-0.4, -0.2) is 9.97 Å². The van der Waals surface area contributed by atoms with Gasteiger partial charge in [0.2, 0.25) is 5.95 Å². The standard InChI is InChI=1S/C16H16N4S/c1-11-6-2-3-7-12(11)10-21-15-13-8-4-5-9-14(13)18-16(19-15)20-17/h2-9H,10,17H2,1H3,(H,18,19,20). The van der Waals surface area contributed by atoms with Gasteiger partial charge in [-0.3, -0.25) is 5.43 Å². The molecule has 0 aliphatic heterocycles. The maximum absolute atomic E-state index is 5.46. The first kappa shape index (κ1) is 13.9.